The monoisotopic (exact) mass is 325 g/mol. The maximum atomic E-state index is 10.8. The number of anilines is 3. The number of hydrogen-bond acceptors (Lipinski definition) is 5. The quantitative estimate of drug-likeness (QED) is 0.875. The Labute approximate surface area is 142 Å². The van der Waals surface area contributed by atoms with Gasteiger partial charge in [-0.25, -0.2) is 9.97 Å². The summed E-state index contributed by atoms with van der Waals surface area (Å²) >= 11 is 0. The third kappa shape index (κ3) is 3.48. The van der Waals surface area contributed by atoms with E-state index in [4.69, 9.17) is 0 Å². The standard InChI is InChI=1S/C18H23N5O/c1-13-8-14(2)18(15(3)9-13)21-16-10-17(20-11-19-16)23-6-4-22(12-24)5-7-23/h8-12H,4-7H2,1-3H3,(H,19,20,21). The van der Waals surface area contributed by atoms with Crippen LogP contribution in [0.2, 0.25) is 0 Å². The number of aromatic nitrogens is 2. The van der Waals surface area contributed by atoms with Gasteiger partial charge in [-0.05, 0) is 31.9 Å². The van der Waals surface area contributed by atoms with E-state index in [1.54, 1.807) is 11.2 Å². The van der Waals surface area contributed by atoms with Crippen molar-refractivity contribution in [1.82, 2.24) is 14.9 Å². The molecule has 1 fully saturated rings. The fourth-order valence-corrected chi connectivity index (χ4v) is 3.15. The van der Waals surface area contributed by atoms with Crippen LogP contribution in [0, 0.1) is 20.8 Å². The van der Waals surface area contributed by atoms with Crippen molar-refractivity contribution in [3.8, 4) is 0 Å². The number of aryl methyl sites for hydroxylation is 3. The summed E-state index contributed by atoms with van der Waals surface area (Å²) in [6, 6.07) is 6.29. The van der Waals surface area contributed by atoms with E-state index in [2.05, 4.69) is 53.1 Å². The molecule has 0 atom stereocenters. The third-order valence-electron chi connectivity index (χ3n) is 4.37. The summed E-state index contributed by atoms with van der Waals surface area (Å²) < 4.78 is 0. The molecule has 2 heterocycles. The van der Waals surface area contributed by atoms with Crippen LogP contribution in [0.4, 0.5) is 17.3 Å². The third-order valence-corrected chi connectivity index (χ3v) is 4.37. The second-order valence-electron chi connectivity index (χ2n) is 6.29. The summed E-state index contributed by atoms with van der Waals surface area (Å²) in [4.78, 5) is 23.5. The number of benzene rings is 1. The molecular formula is C18H23N5O. The van der Waals surface area contributed by atoms with E-state index in [-0.39, 0.29) is 0 Å². The average Bonchev–Trinajstić information content (AvgIpc) is 2.58. The normalized spacial score (nSPS) is 14.6. The van der Waals surface area contributed by atoms with E-state index < -0.39 is 0 Å². The highest BCUT2D eigenvalue weighted by atomic mass is 16.1. The number of rotatable bonds is 4. The Balaban J connectivity index is 1.78. The molecule has 2 aromatic rings. The maximum absolute atomic E-state index is 10.8. The lowest BCUT2D eigenvalue weighted by molar-refractivity contribution is -0.118. The fraction of sp³-hybridized carbons (Fsp3) is 0.389. The summed E-state index contributed by atoms with van der Waals surface area (Å²) in [6.07, 6.45) is 2.50. The first-order valence-electron chi connectivity index (χ1n) is 8.18. The zero-order valence-electron chi connectivity index (χ0n) is 14.4. The predicted molar refractivity (Wildman–Crippen MR) is 95.8 cm³/mol. The summed E-state index contributed by atoms with van der Waals surface area (Å²) in [5, 5.41) is 3.42. The van der Waals surface area contributed by atoms with Gasteiger partial charge in [0.15, 0.2) is 0 Å². The highest BCUT2D eigenvalue weighted by Gasteiger charge is 2.17. The van der Waals surface area contributed by atoms with Gasteiger partial charge in [0.25, 0.3) is 0 Å². The number of nitrogens with zero attached hydrogens (tertiary/aromatic N) is 4. The van der Waals surface area contributed by atoms with Gasteiger partial charge in [-0.1, -0.05) is 17.7 Å². The number of hydrogen-bond donors (Lipinski definition) is 1. The fourth-order valence-electron chi connectivity index (χ4n) is 3.15. The average molecular weight is 325 g/mol. The molecule has 0 spiro atoms. The minimum absolute atomic E-state index is 0.729. The van der Waals surface area contributed by atoms with Crippen LogP contribution in [0.25, 0.3) is 0 Å². The van der Waals surface area contributed by atoms with Crippen molar-refractivity contribution in [2.24, 2.45) is 0 Å². The molecule has 0 unspecified atom stereocenters. The van der Waals surface area contributed by atoms with E-state index in [1.807, 2.05) is 6.07 Å². The Hall–Kier alpha value is -2.63. The lowest BCUT2D eigenvalue weighted by Gasteiger charge is -2.33. The molecule has 1 aromatic carbocycles. The topological polar surface area (TPSA) is 61.4 Å². The smallest absolute Gasteiger partial charge is 0.209 e. The van der Waals surface area contributed by atoms with Crippen LogP contribution < -0.4 is 10.2 Å². The number of amides is 1. The molecule has 1 aliphatic rings. The van der Waals surface area contributed by atoms with Crippen LogP contribution in [-0.2, 0) is 4.79 Å². The second-order valence-corrected chi connectivity index (χ2v) is 6.29. The van der Waals surface area contributed by atoms with Crippen molar-refractivity contribution >= 4 is 23.7 Å². The number of carbonyl (C=O) groups is 1. The molecule has 1 amide bonds. The van der Waals surface area contributed by atoms with E-state index in [1.165, 1.54) is 16.7 Å². The summed E-state index contributed by atoms with van der Waals surface area (Å²) in [6.45, 7) is 9.34. The lowest BCUT2D eigenvalue weighted by Crippen LogP contribution is -2.46. The largest absolute Gasteiger partial charge is 0.353 e. The Morgan fingerprint density at radius 3 is 2.29 bits per heavy atom. The van der Waals surface area contributed by atoms with Crippen LogP contribution in [-0.4, -0.2) is 47.5 Å². The predicted octanol–water partition coefficient (Wildman–Crippen LogP) is 2.42. The Bertz CT molecular complexity index is 715. The lowest BCUT2D eigenvalue weighted by atomic mass is 10.1. The zero-order valence-corrected chi connectivity index (χ0v) is 14.4. The van der Waals surface area contributed by atoms with Gasteiger partial charge in [-0.2, -0.15) is 0 Å². The molecule has 0 aliphatic carbocycles. The number of nitrogens with one attached hydrogen (secondary N) is 1. The van der Waals surface area contributed by atoms with Crippen LogP contribution in [0.15, 0.2) is 24.5 Å². The molecule has 1 aromatic heterocycles. The van der Waals surface area contributed by atoms with E-state index in [9.17, 15) is 4.79 Å². The van der Waals surface area contributed by atoms with Crippen LogP contribution >= 0.6 is 0 Å². The van der Waals surface area contributed by atoms with Crippen LogP contribution in [0.3, 0.4) is 0 Å². The molecule has 0 saturated carbocycles. The van der Waals surface area contributed by atoms with Gasteiger partial charge in [0, 0.05) is 37.9 Å². The first-order chi connectivity index (χ1) is 11.6. The summed E-state index contributed by atoms with van der Waals surface area (Å²) in [5.74, 6) is 1.67. The van der Waals surface area contributed by atoms with Crippen molar-refractivity contribution in [2.45, 2.75) is 20.8 Å². The van der Waals surface area contributed by atoms with Crippen LogP contribution in [0.5, 0.6) is 0 Å². The molecule has 1 N–H and O–H groups in total. The van der Waals surface area contributed by atoms with Crippen LogP contribution in [0.1, 0.15) is 16.7 Å². The zero-order chi connectivity index (χ0) is 17.1. The van der Waals surface area contributed by atoms with E-state index in [0.717, 1.165) is 49.9 Å². The Morgan fingerprint density at radius 2 is 1.67 bits per heavy atom. The molecule has 1 aliphatic heterocycles. The molecule has 1 saturated heterocycles. The van der Waals surface area contributed by atoms with Crippen molar-refractivity contribution in [2.75, 3.05) is 36.4 Å². The first-order valence-corrected chi connectivity index (χ1v) is 8.18. The van der Waals surface area contributed by atoms with Gasteiger partial charge < -0.3 is 15.1 Å². The first kappa shape index (κ1) is 16.2. The highest BCUT2D eigenvalue weighted by molar-refractivity contribution is 5.66. The molecule has 0 bridgehead atoms. The van der Waals surface area contributed by atoms with Crippen molar-refractivity contribution in [1.29, 1.82) is 0 Å². The SMILES string of the molecule is Cc1cc(C)c(Nc2cc(N3CCN(C=O)CC3)ncn2)c(C)c1. The minimum atomic E-state index is 0.729. The Kier molecular flexibility index (Phi) is 4.64. The molecule has 24 heavy (non-hydrogen) atoms. The molecule has 126 valence electrons. The van der Waals surface area contributed by atoms with Crippen molar-refractivity contribution in [3.63, 3.8) is 0 Å². The van der Waals surface area contributed by atoms with Crippen molar-refractivity contribution in [3.05, 3.63) is 41.2 Å². The van der Waals surface area contributed by atoms with Gasteiger partial charge in [-0.3, -0.25) is 4.79 Å². The van der Waals surface area contributed by atoms with Gasteiger partial charge in [0.05, 0.1) is 0 Å². The maximum Gasteiger partial charge on any atom is 0.209 e. The molecular weight excluding hydrogens is 302 g/mol. The number of piperazine rings is 1. The minimum Gasteiger partial charge on any atom is -0.353 e. The highest BCUT2D eigenvalue weighted by Crippen LogP contribution is 2.26. The van der Waals surface area contributed by atoms with Gasteiger partial charge in [0.2, 0.25) is 6.41 Å². The Morgan fingerprint density at radius 1 is 1.00 bits per heavy atom. The second kappa shape index (κ2) is 6.86. The van der Waals surface area contributed by atoms with Gasteiger partial charge in [-0.15, -0.1) is 0 Å². The summed E-state index contributed by atoms with van der Waals surface area (Å²) in [7, 11) is 0. The van der Waals surface area contributed by atoms with Gasteiger partial charge in [0.1, 0.15) is 18.0 Å². The molecule has 3 rings (SSSR count). The van der Waals surface area contributed by atoms with Crippen molar-refractivity contribution < 1.29 is 4.79 Å². The molecule has 0 radical (unpaired) electrons. The van der Waals surface area contributed by atoms with Gasteiger partial charge >= 0.3 is 0 Å². The molecule has 6 heteroatoms. The molecule has 6 nitrogen and oxygen atoms in total. The van der Waals surface area contributed by atoms with E-state index >= 15 is 0 Å². The number of carbonyl (C=O) groups excluding carboxylic acids is 1. The summed E-state index contributed by atoms with van der Waals surface area (Å²) in [5.41, 5.74) is 4.75. The van der Waals surface area contributed by atoms with E-state index in [0.29, 0.717) is 0 Å².